The number of aryl methyl sites for hydroxylation is 1. The van der Waals surface area contributed by atoms with Crippen LogP contribution in [0.3, 0.4) is 0 Å². The van der Waals surface area contributed by atoms with E-state index in [9.17, 15) is 8.42 Å². The van der Waals surface area contributed by atoms with Crippen LogP contribution >= 0.6 is 11.6 Å². The average Bonchev–Trinajstić information content (AvgIpc) is 2.66. The van der Waals surface area contributed by atoms with Crippen LogP contribution in [0.15, 0.2) is 59.6 Å². The minimum absolute atomic E-state index is 0.00379. The number of rotatable bonds is 7. The number of pyridine rings is 1. The molecule has 136 valence electrons. The van der Waals surface area contributed by atoms with E-state index in [1.807, 2.05) is 30.3 Å². The number of ether oxygens (including phenoxy) is 1. The van der Waals surface area contributed by atoms with Crippen molar-refractivity contribution in [2.24, 2.45) is 0 Å². The summed E-state index contributed by atoms with van der Waals surface area (Å²) in [6.45, 7) is 0.318. The third-order valence-corrected chi connectivity index (χ3v) is 5.81. The predicted molar refractivity (Wildman–Crippen MR) is 103 cm³/mol. The van der Waals surface area contributed by atoms with E-state index in [1.165, 1.54) is 18.7 Å². The number of aromatic nitrogens is 1. The van der Waals surface area contributed by atoms with E-state index in [1.54, 1.807) is 18.3 Å². The highest BCUT2D eigenvalue weighted by atomic mass is 35.5. The molecule has 1 heterocycles. The zero-order valence-corrected chi connectivity index (χ0v) is 15.8. The van der Waals surface area contributed by atoms with Gasteiger partial charge >= 0.3 is 0 Å². The summed E-state index contributed by atoms with van der Waals surface area (Å²) in [6, 6.07) is 14.8. The zero-order chi connectivity index (χ0) is 18.6. The Balaban J connectivity index is 1.80. The van der Waals surface area contributed by atoms with Crippen LogP contribution in [0.5, 0.6) is 5.75 Å². The Morgan fingerprint density at radius 2 is 1.92 bits per heavy atom. The van der Waals surface area contributed by atoms with E-state index in [0.717, 1.165) is 6.42 Å². The van der Waals surface area contributed by atoms with E-state index in [2.05, 4.69) is 9.71 Å². The maximum Gasteiger partial charge on any atom is 0.244 e. The van der Waals surface area contributed by atoms with Gasteiger partial charge in [-0.05, 0) is 36.6 Å². The lowest BCUT2D eigenvalue weighted by Gasteiger charge is -2.13. The summed E-state index contributed by atoms with van der Waals surface area (Å²) in [5.41, 5.74) is 1.59. The third-order valence-electron chi connectivity index (χ3n) is 4.03. The lowest BCUT2D eigenvalue weighted by Crippen LogP contribution is -2.25. The normalized spacial score (nSPS) is 11.6. The summed E-state index contributed by atoms with van der Waals surface area (Å²) in [4.78, 5) is 4.22. The Bertz CT molecular complexity index is 1010. The van der Waals surface area contributed by atoms with Crippen molar-refractivity contribution in [2.75, 3.05) is 13.7 Å². The smallest absolute Gasteiger partial charge is 0.244 e. The first-order valence-corrected chi connectivity index (χ1v) is 10.0. The van der Waals surface area contributed by atoms with Gasteiger partial charge in [-0.3, -0.25) is 4.98 Å². The van der Waals surface area contributed by atoms with Gasteiger partial charge in [0.25, 0.3) is 0 Å². The van der Waals surface area contributed by atoms with Crippen LogP contribution in [0.4, 0.5) is 0 Å². The van der Waals surface area contributed by atoms with Gasteiger partial charge in [0, 0.05) is 18.1 Å². The van der Waals surface area contributed by atoms with Crippen molar-refractivity contribution < 1.29 is 13.2 Å². The largest absolute Gasteiger partial charge is 0.493 e. The molecule has 0 saturated heterocycles. The molecular formula is C19H19ClN2O3S. The SMILES string of the molecule is COc1c(S(=O)(=O)NCCCc2ccccc2)cc(Cl)c2cccnc12. The number of hydrogen-bond acceptors (Lipinski definition) is 4. The lowest BCUT2D eigenvalue weighted by molar-refractivity contribution is 0.406. The Labute approximate surface area is 158 Å². The summed E-state index contributed by atoms with van der Waals surface area (Å²) in [5.74, 6) is 0.195. The Kier molecular flexibility index (Phi) is 5.76. The standard InChI is InChI=1S/C19H19ClN2O3S/c1-25-19-17(13-16(20)15-10-6-11-21-18(15)19)26(23,24)22-12-5-9-14-7-3-2-4-8-14/h2-4,6-8,10-11,13,22H,5,9,12H2,1H3. The molecule has 0 aliphatic carbocycles. The average molecular weight is 391 g/mol. The highest BCUT2D eigenvalue weighted by Gasteiger charge is 2.23. The van der Waals surface area contributed by atoms with Gasteiger partial charge in [-0.2, -0.15) is 0 Å². The number of nitrogens with one attached hydrogen (secondary N) is 1. The second kappa shape index (κ2) is 8.03. The third kappa shape index (κ3) is 3.98. The first-order chi connectivity index (χ1) is 12.5. The van der Waals surface area contributed by atoms with Crippen LogP contribution in [0.25, 0.3) is 10.9 Å². The van der Waals surface area contributed by atoms with Crippen LogP contribution < -0.4 is 9.46 Å². The Morgan fingerprint density at radius 1 is 1.15 bits per heavy atom. The second-order valence-corrected chi connectivity index (χ2v) is 7.92. The Hall–Kier alpha value is -2.15. The number of sulfonamides is 1. The zero-order valence-electron chi connectivity index (χ0n) is 14.3. The topological polar surface area (TPSA) is 68.3 Å². The van der Waals surface area contributed by atoms with Crippen LogP contribution in [-0.2, 0) is 16.4 Å². The fraction of sp³-hybridized carbons (Fsp3) is 0.211. The van der Waals surface area contributed by atoms with Crippen molar-refractivity contribution in [3.05, 3.63) is 65.3 Å². The van der Waals surface area contributed by atoms with Crippen molar-refractivity contribution in [1.29, 1.82) is 0 Å². The number of fused-ring (bicyclic) bond motifs is 1. The molecular weight excluding hydrogens is 372 g/mol. The van der Waals surface area contributed by atoms with Gasteiger partial charge in [-0.15, -0.1) is 0 Å². The summed E-state index contributed by atoms with van der Waals surface area (Å²) in [5, 5.41) is 0.965. The van der Waals surface area contributed by atoms with Crippen LogP contribution in [0.1, 0.15) is 12.0 Å². The molecule has 0 radical (unpaired) electrons. The monoisotopic (exact) mass is 390 g/mol. The van der Waals surface area contributed by atoms with Crippen LogP contribution in [-0.4, -0.2) is 27.1 Å². The molecule has 3 rings (SSSR count). The number of hydrogen-bond donors (Lipinski definition) is 1. The molecule has 0 amide bonds. The molecule has 1 aromatic heterocycles. The number of halogens is 1. The van der Waals surface area contributed by atoms with Crippen molar-refractivity contribution in [3.63, 3.8) is 0 Å². The summed E-state index contributed by atoms with van der Waals surface area (Å²) >= 11 is 6.25. The molecule has 0 saturated carbocycles. The van der Waals surface area contributed by atoms with Crippen molar-refractivity contribution in [1.82, 2.24) is 9.71 Å². The molecule has 7 heteroatoms. The molecule has 2 aromatic carbocycles. The molecule has 5 nitrogen and oxygen atoms in total. The fourth-order valence-corrected chi connectivity index (χ4v) is 4.36. The summed E-state index contributed by atoms with van der Waals surface area (Å²) in [7, 11) is -2.35. The Morgan fingerprint density at radius 3 is 2.65 bits per heavy atom. The molecule has 3 aromatic rings. The maximum absolute atomic E-state index is 12.7. The van der Waals surface area contributed by atoms with Gasteiger partial charge in [0.15, 0.2) is 5.75 Å². The predicted octanol–water partition coefficient (Wildman–Crippen LogP) is 3.81. The van der Waals surface area contributed by atoms with Crippen LogP contribution in [0.2, 0.25) is 5.02 Å². The molecule has 1 N–H and O–H groups in total. The second-order valence-electron chi connectivity index (χ2n) is 5.78. The number of methoxy groups -OCH3 is 1. The summed E-state index contributed by atoms with van der Waals surface area (Å²) < 4.78 is 33.4. The molecule has 0 unspecified atom stereocenters. The van der Waals surface area contributed by atoms with Crippen molar-refractivity contribution >= 4 is 32.5 Å². The van der Waals surface area contributed by atoms with Gasteiger partial charge in [0.05, 0.1) is 12.1 Å². The van der Waals surface area contributed by atoms with Crippen LogP contribution in [0, 0.1) is 0 Å². The van der Waals surface area contributed by atoms with Crippen molar-refractivity contribution in [3.8, 4) is 5.75 Å². The van der Waals surface area contributed by atoms with Gasteiger partial charge in [-0.1, -0.05) is 41.9 Å². The molecule has 0 fully saturated rings. The lowest BCUT2D eigenvalue weighted by atomic mass is 10.1. The first kappa shape index (κ1) is 18.6. The molecule has 26 heavy (non-hydrogen) atoms. The highest BCUT2D eigenvalue weighted by molar-refractivity contribution is 7.89. The first-order valence-electron chi connectivity index (χ1n) is 8.18. The molecule has 0 atom stereocenters. The van der Waals surface area contributed by atoms with Gasteiger partial charge in [-0.25, -0.2) is 13.1 Å². The summed E-state index contributed by atoms with van der Waals surface area (Å²) in [6.07, 6.45) is 3.05. The molecule has 0 bridgehead atoms. The number of nitrogens with zero attached hydrogens (tertiary/aromatic N) is 1. The fourth-order valence-electron chi connectivity index (χ4n) is 2.77. The molecule has 0 aliphatic heterocycles. The minimum atomic E-state index is -3.77. The molecule has 0 aliphatic rings. The van der Waals surface area contributed by atoms with E-state index < -0.39 is 10.0 Å². The minimum Gasteiger partial charge on any atom is -0.493 e. The van der Waals surface area contributed by atoms with E-state index >= 15 is 0 Å². The quantitative estimate of drug-likeness (QED) is 0.623. The van der Waals surface area contributed by atoms with Gasteiger partial charge in [0.2, 0.25) is 10.0 Å². The maximum atomic E-state index is 12.7. The van der Waals surface area contributed by atoms with E-state index in [0.29, 0.717) is 28.9 Å². The van der Waals surface area contributed by atoms with E-state index in [-0.39, 0.29) is 10.6 Å². The van der Waals surface area contributed by atoms with Gasteiger partial charge in [0.1, 0.15) is 10.4 Å². The van der Waals surface area contributed by atoms with Gasteiger partial charge < -0.3 is 4.74 Å². The van der Waals surface area contributed by atoms with Crippen molar-refractivity contribution in [2.45, 2.75) is 17.7 Å². The number of benzene rings is 2. The molecule has 0 spiro atoms. The van der Waals surface area contributed by atoms with E-state index in [4.69, 9.17) is 16.3 Å². The highest BCUT2D eigenvalue weighted by Crippen LogP contribution is 2.36.